The van der Waals surface area contributed by atoms with Crippen molar-refractivity contribution in [3.8, 4) is 11.5 Å². The first-order valence-electron chi connectivity index (χ1n) is 11.4. The minimum absolute atomic E-state index is 0.0412. The van der Waals surface area contributed by atoms with Crippen molar-refractivity contribution in [1.82, 2.24) is 4.90 Å². The minimum atomic E-state index is -0.586. The number of amides is 3. The summed E-state index contributed by atoms with van der Waals surface area (Å²) in [6.07, 6.45) is 6.50. The maximum absolute atomic E-state index is 12.9. The van der Waals surface area contributed by atoms with Crippen molar-refractivity contribution in [2.24, 2.45) is 0 Å². The van der Waals surface area contributed by atoms with E-state index in [1.807, 2.05) is 0 Å². The van der Waals surface area contributed by atoms with Crippen LogP contribution in [0.3, 0.4) is 0 Å². The molecule has 8 nitrogen and oxygen atoms in total. The van der Waals surface area contributed by atoms with E-state index < -0.39 is 23.5 Å². The van der Waals surface area contributed by atoms with Gasteiger partial charge in [-0.2, -0.15) is 0 Å². The molecule has 3 amide bonds. The summed E-state index contributed by atoms with van der Waals surface area (Å²) >= 11 is 0. The Balaban J connectivity index is 1.19. The summed E-state index contributed by atoms with van der Waals surface area (Å²) in [4.78, 5) is 39.6. The van der Waals surface area contributed by atoms with Crippen molar-refractivity contribution in [3.05, 3.63) is 77.2 Å². The molecule has 3 heterocycles. The van der Waals surface area contributed by atoms with Gasteiger partial charge in [0.2, 0.25) is 0 Å². The lowest BCUT2D eigenvalue weighted by Crippen LogP contribution is -2.40. The standard InChI is InChI=1S/C26H22N2O6/c29-23(27-17-7-9-21-22(14-17)34-26(33-21)10-2-1-3-11-26)16-6-8-19-20(13-16)25(31)28(24(19)30)15-18-5-4-12-32-18/h4-9,12-14H,1-3,10-11,15H2,(H,27,29). The first kappa shape index (κ1) is 20.5. The number of carbonyl (C=O) groups is 3. The molecule has 1 aliphatic carbocycles. The Morgan fingerprint density at radius 2 is 1.71 bits per heavy atom. The number of anilines is 1. The molecule has 1 spiro atoms. The van der Waals surface area contributed by atoms with Crippen molar-refractivity contribution in [1.29, 1.82) is 0 Å². The number of imide groups is 1. The second-order valence-electron chi connectivity index (χ2n) is 8.83. The number of nitrogens with one attached hydrogen (secondary N) is 1. The largest absolute Gasteiger partial charge is 0.467 e. The summed E-state index contributed by atoms with van der Waals surface area (Å²) in [6, 6.07) is 13.2. The van der Waals surface area contributed by atoms with Gasteiger partial charge in [-0.05, 0) is 55.3 Å². The highest BCUT2D eigenvalue weighted by Gasteiger charge is 2.42. The summed E-state index contributed by atoms with van der Waals surface area (Å²) in [5.41, 5.74) is 1.31. The van der Waals surface area contributed by atoms with E-state index in [2.05, 4.69) is 5.32 Å². The Labute approximate surface area is 195 Å². The number of fused-ring (bicyclic) bond motifs is 2. The lowest BCUT2D eigenvalue weighted by Gasteiger charge is -2.31. The van der Waals surface area contributed by atoms with Crippen molar-refractivity contribution in [2.45, 2.75) is 44.4 Å². The van der Waals surface area contributed by atoms with E-state index in [4.69, 9.17) is 13.9 Å². The Hall–Kier alpha value is -4.07. The first-order valence-corrected chi connectivity index (χ1v) is 11.4. The lowest BCUT2D eigenvalue weighted by atomic mass is 9.94. The van der Waals surface area contributed by atoms with Gasteiger partial charge >= 0.3 is 0 Å². The number of furan rings is 1. The number of carbonyl (C=O) groups excluding carboxylic acids is 3. The number of hydrogen-bond acceptors (Lipinski definition) is 6. The summed E-state index contributed by atoms with van der Waals surface area (Å²) in [5, 5.41) is 2.84. The van der Waals surface area contributed by atoms with E-state index in [-0.39, 0.29) is 23.2 Å². The van der Waals surface area contributed by atoms with Crippen LogP contribution < -0.4 is 14.8 Å². The molecule has 1 saturated carbocycles. The molecule has 2 aliphatic heterocycles. The predicted molar refractivity (Wildman–Crippen MR) is 121 cm³/mol. The molecule has 0 saturated heterocycles. The second kappa shape index (κ2) is 7.76. The average molecular weight is 458 g/mol. The zero-order valence-corrected chi connectivity index (χ0v) is 18.3. The molecule has 172 valence electrons. The fraction of sp³-hybridized carbons (Fsp3) is 0.269. The van der Waals surface area contributed by atoms with E-state index in [9.17, 15) is 14.4 Å². The Bertz CT molecular complexity index is 1310. The number of rotatable bonds is 4. The molecule has 3 aromatic rings. The van der Waals surface area contributed by atoms with Crippen LogP contribution in [0.5, 0.6) is 11.5 Å². The number of benzene rings is 2. The van der Waals surface area contributed by atoms with Crippen molar-refractivity contribution in [2.75, 3.05) is 5.32 Å². The molecular formula is C26H22N2O6. The molecule has 0 atom stereocenters. The van der Waals surface area contributed by atoms with Crippen molar-refractivity contribution >= 4 is 23.4 Å². The minimum Gasteiger partial charge on any atom is -0.467 e. The van der Waals surface area contributed by atoms with Crippen LogP contribution in [-0.2, 0) is 6.54 Å². The SMILES string of the molecule is O=C(Nc1ccc2c(c1)OC1(CCCCC1)O2)c1ccc2c(c1)C(=O)N(Cc1ccco1)C2=O. The van der Waals surface area contributed by atoms with Gasteiger partial charge in [-0.15, -0.1) is 0 Å². The van der Waals surface area contributed by atoms with Gasteiger partial charge in [0.1, 0.15) is 5.76 Å². The summed E-state index contributed by atoms with van der Waals surface area (Å²) < 4.78 is 17.5. The van der Waals surface area contributed by atoms with E-state index in [1.54, 1.807) is 36.4 Å². The number of hydrogen-bond donors (Lipinski definition) is 1. The summed E-state index contributed by atoms with van der Waals surface area (Å²) in [5.74, 6) is -0.0367. The van der Waals surface area contributed by atoms with Gasteiger partial charge in [0.15, 0.2) is 11.5 Å². The monoisotopic (exact) mass is 458 g/mol. The van der Waals surface area contributed by atoms with Crippen LogP contribution >= 0.6 is 0 Å². The Morgan fingerprint density at radius 3 is 2.50 bits per heavy atom. The number of ether oxygens (including phenoxy) is 2. The van der Waals surface area contributed by atoms with Gasteiger partial charge in [0.05, 0.1) is 23.9 Å². The first-order chi connectivity index (χ1) is 16.5. The maximum Gasteiger partial charge on any atom is 0.261 e. The molecule has 1 N–H and O–H groups in total. The van der Waals surface area contributed by atoms with Gasteiger partial charge in [0, 0.05) is 30.2 Å². The summed E-state index contributed by atoms with van der Waals surface area (Å²) in [6.45, 7) is 0.0412. The van der Waals surface area contributed by atoms with Crippen molar-refractivity contribution in [3.63, 3.8) is 0 Å². The molecular weight excluding hydrogens is 436 g/mol. The van der Waals surface area contributed by atoms with Gasteiger partial charge in [-0.3, -0.25) is 19.3 Å². The maximum atomic E-state index is 12.9. The molecule has 2 aromatic carbocycles. The quantitative estimate of drug-likeness (QED) is 0.566. The van der Waals surface area contributed by atoms with Crippen LogP contribution in [0.4, 0.5) is 5.69 Å². The molecule has 0 radical (unpaired) electrons. The second-order valence-corrected chi connectivity index (χ2v) is 8.83. The summed E-state index contributed by atoms with van der Waals surface area (Å²) in [7, 11) is 0. The van der Waals surface area contributed by atoms with Crippen LogP contribution in [0, 0.1) is 0 Å². The van der Waals surface area contributed by atoms with Gasteiger partial charge in [0.25, 0.3) is 23.5 Å². The third-order valence-corrected chi connectivity index (χ3v) is 6.54. The fourth-order valence-corrected chi connectivity index (χ4v) is 4.80. The smallest absolute Gasteiger partial charge is 0.261 e. The number of nitrogens with zero attached hydrogens (tertiary/aromatic N) is 1. The van der Waals surface area contributed by atoms with Crippen LogP contribution in [0.15, 0.2) is 59.2 Å². The van der Waals surface area contributed by atoms with Crippen LogP contribution in [0.2, 0.25) is 0 Å². The van der Waals surface area contributed by atoms with E-state index in [1.165, 1.54) is 24.8 Å². The molecule has 34 heavy (non-hydrogen) atoms. The van der Waals surface area contributed by atoms with Crippen LogP contribution in [0.25, 0.3) is 0 Å². The molecule has 0 bridgehead atoms. The fourth-order valence-electron chi connectivity index (χ4n) is 4.80. The molecule has 3 aliphatic rings. The van der Waals surface area contributed by atoms with Gasteiger partial charge in [-0.25, -0.2) is 0 Å². The molecule has 6 rings (SSSR count). The van der Waals surface area contributed by atoms with E-state index >= 15 is 0 Å². The topological polar surface area (TPSA) is 98.1 Å². The third-order valence-electron chi connectivity index (χ3n) is 6.54. The predicted octanol–water partition coefficient (Wildman–Crippen LogP) is 4.76. The van der Waals surface area contributed by atoms with E-state index in [0.717, 1.165) is 30.6 Å². The Kier molecular flexibility index (Phi) is 4.69. The zero-order chi connectivity index (χ0) is 23.3. The van der Waals surface area contributed by atoms with Crippen molar-refractivity contribution < 1.29 is 28.3 Å². The highest BCUT2D eigenvalue weighted by Crippen LogP contribution is 2.46. The van der Waals surface area contributed by atoms with E-state index in [0.29, 0.717) is 22.9 Å². The average Bonchev–Trinajstić information content (AvgIpc) is 3.53. The Morgan fingerprint density at radius 1 is 0.912 bits per heavy atom. The van der Waals surface area contributed by atoms with Crippen LogP contribution in [0.1, 0.15) is 68.9 Å². The molecule has 1 fully saturated rings. The molecule has 8 heteroatoms. The molecule has 0 unspecified atom stereocenters. The highest BCUT2D eigenvalue weighted by atomic mass is 16.7. The van der Waals surface area contributed by atoms with Crippen LogP contribution in [-0.4, -0.2) is 28.4 Å². The normalized spacial score (nSPS) is 17.8. The highest BCUT2D eigenvalue weighted by molar-refractivity contribution is 6.22. The third kappa shape index (κ3) is 3.42. The van der Waals surface area contributed by atoms with Gasteiger partial charge < -0.3 is 19.2 Å². The zero-order valence-electron chi connectivity index (χ0n) is 18.3. The molecule has 1 aromatic heterocycles. The lowest BCUT2D eigenvalue weighted by molar-refractivity contribution is -0.105. The van der Waals surface area contributed by atoms with Gasteiger partial charge in [-0.1, -0.05) is 6.42 Å².